The number of anilines is 1. The summed E-state index contributed by atoms with van der Waals surface area (Å²) in [5.41, 5.74) is 3.51. The minimum Gasteiger partial charge on any atom is -0.365 e. The summed E-state index contributed by atoms with van der Waals surface area (Å²) < 4.78 is 1.54. The third-order valence-electron chi connectivity index (χ3n) is 4.54. The molecule has 5 nitrogen and oxygen atoms in total. The Hall–Kier alpha value is -3.44. The number of hydrogen-bond acceptors (Lipinski definition) is 4. The number of nitrogens with zero attached hydrogens (tertiary/aromatic N) is 3. The number of aromatic nitrogens is 2. The van der Waals surface area contributed by atoms with Gasteiger partial charge in [0.1, 0.15) is 17.0 Å². The van der Waals surface area contributed by atoms with Crippen LogP contribution in [-0.2, 0) is 6.54 Å². The second kappa shape index (κ2) is 8.29. The van der Waals surface area contributed by atoms with Crippen molar-refractivity contribution in [1.82, 2.24) is 9.38 Å². The van der Waals surface area contributed by atoms with Crippen molar-refractivity contribution in [2.75, 3.05) is 5.32 Å². The van der Waals surface area contributed by atoms with Gasteiger partial charge in [0.05, 0.1) is 5.69 Å². The first-order chi connectivity index (χ1) is 14.1. The highest BCUT2D eigenvalue weighted by molar-refractivity contribution is 6.30. The molecule has 0 radical (unpaired) electrons. The summed E-state index contributed by atoms with van der Waals surface area (Å²) in [5.74, 6) is 0.499. The second-order valence-corrected chi connectivity index (χ2v) is 7.08. The molecular formula is C23H19ClN4O. The van der Waals surface area contributed by atoms with Crippen LogP contribution >= 0.6 is 11.6 Å². The van der Waals surface area contributed by atoms with Crippen LogP contribution in [0.1, 0.15) is 16.7 Å². The quantitative estimate of drug-likeness (QED) is 0.477. The highest BCUT2D eigenvalue weighted by Gasteiger charge is 2.12. The average molecular weight is 403 g/mol. The predicted molar refractivity (Wildman–Crippen MR) is 119 cm³/mol. The molecule has 4 rings (SSSR count). The van der Waals surface area contributed by atoms with E-state index in [0.717, 1.165) is 11.1 Å². The number of pyridine rings is 1. The first-order valence-corrected chi connectivity index (χ1v) is 9.59. The van der Waals surface area contributed by atoms with E-state index < -0.39 is 0 Å². The van der Waals surface area contributed by atoms with Gasteiger partial charge in [0.25, 0.3) is 5.56 Å². The summed E-state index contributed by atoms with van der Waals surface area (Å²) in [6.07, 6.45) is 3.26. The number of rotatable bonds is 5. The van der Waals surface area contributed by atoms with E-state index in [1.165, 1.54) is 0 Å². The smallest absolute Gasteiger partial charge is 0.268 e. The Balaban J connectivity index is 1.79. The van der Waals surface area contributed by atoms with E-state index in [4.69, 9.17) is 16.6 Å². The lowest BCUT2D eigenvalue weighted by Gasteiger charge is -2.12. The van der Waals surface area contributed by atoms with Crippen LogP contribution in [0.3, 0.4) is 0 Å². The van der Waals surface area contributed by atoms with Crippen LogP contribution in [0.5, 0.6) is 0 Å². The number of benzene rings is 2. The lowest BCUT2D eigenvalue weighted by Crippen LogP contribution is -2.23. The SMILES string of the molecule is Cc1cccn2c(=O)c(C=Nc3cccc(Cl)c3)c(NCc3ccccc3)nc12. The Morgan fingerprint density at radius 1 is 1.10 bits per heavy atom. The molecule has 29 heavy (non-hydrogen) atoms. The average Bonchev–Trinajstić information content (AvgIpc) is 2.73. The number of aryl methyl sites for hydroxylation is 1. The Morgan fingerprint density at radius 2 is 1.93 bits per heavy atom. The monoisotopic (exact) mass is 402 g/mol. The Labute approximate surface area is 173 Å². The van der Waals surface area contributed by atoms with Crippen molar-refractivity contribution in [3.8, 4) is 0 Å². The van der Waals surface area contributed by atoms with Crippen LogP contribution in [0.15, 0.2) is 82.7 Å². The summed E-state index contributed by atoms with van der Waals surface area (Å²) in [4.78, 5) is 22.3. The Kier molecular flexibility index (Phi) is 5.40. The van der Waals surface area contributed by atoms with Crippen LogP contribution in [0.2, 0.25) is 5.02 Å². The number of halogens is 1. The van der Waals surface area contributed by atoms with Gasteiger partial charge in [-0.15, -0.1) is 0 Å². The van der Waals surface area contributed by atoms with Gasteiger partial charge < -0.3 is 5.32 Å². The molecule has 2 heterocycles. The molecule has 1 N–H and O–H groups in total. The molecule has 0 atom stereocenters. The van der Waals surface area contributed by atoms with Gasteiger partial charge in [-0.05, 0) is 42.3 Å². The molecule has 0 saturated carbocycles. The van der Waals surface area contributed by atoms with Gasteiger partial charge in [-0.25, -0.2) is 4.98 Å². The third-order valence-corrected chi connectivity index (χ3v) is 4.77. The maximum atomic E-state index is 13.2. The highest BCUT2D eigenvalue weighted by atomic mass is 35.5. The zero-order valence-electron chi connectivity index (χ0n) is 15.8. The van der Waals surface area contributed by atoms with Crippen molar-refractivity contribution in [3.63, 3.8) is 0 Å². The lowest BCUT2D eigenvalue weighted by atomic mass is 10.2. The van der Waals surface area contributed by atoms with Gasteiger partial charge in [-0.3, -0.25) is 14.2 Å². The van der Waals surface area contributed by atoms with Gasteiger partial charge in [-0.1, -0.05) is 54.1 Å². The maximum absolute atomic E-state index is 13.2. The number of aliphatic imine (C=N–C) groups is 1. The first kappa shape index (κ1) is 18.9. The summed E-state index contributed by atoms with van der Waals surface area (Å²) in [5, 5.41) is 3.88. The van der Waals surface area contributed by atoms with E-state index >= 15 is 0 Å². The molecule has 2 aromatic heterocycles. The van der Waals surface area contributed by atoms with Gasteiger partial charge in [-0.2, -0.15) is 0 Å². The summed E-state index contributed by atoms with van der Waals surface area (Å²) in [6, 6.07) is 20.9. The summed E-state index contributed by atoms with van der Waals surface area (Å²) in [7, 11) is 0. The van der Waals surface area contributed by atoms with Crippen molar-refractivity contribution < 1.29 is 0 Å². The van der Waals surface area contributed by atoms with Crippen LogP contribution in [-0.4, -0.2) is 15.6 Å². The maximum Gasteiger partial charge on any atom is 0.268 e. The fourth-order valence-electron chi connectivity index (χ4n) is 3.04. The standard InChI is InChI=1S/C23H19ClN4O/c1-16-7-6-12-28-22(16)27-21(26-14-17-8-3-2-4-9-17)20(23(28)29)15-25-19-11-5-10-18(24)13-19/h2-13,15,26H,14H2,1H3. The Morgan fingerprint density at radius 3 is 2.72 bits per heavy atom. The fourth-order valence-corrected chi connectivity index (χ4v) is 3.22. The van der Waals surface area contributed by atoms with Crippen LogP contribution in [0, 0.1) is 6.92 Å². The van der Waals surface area contributed by atoms with E-state index in [9.17, 15) is 4.79 Å². The third kappa shape index (κ3) is 4.20. The van der Waals surface area contributed by atoms with Crippen molar-refractivity contribution in [3.05, 3.63) is 105 Å². The van der Waals surface area contributed by atoms with Crippen LogP contribution < -0.4 is 10.9 Å². The van der Waals surface area contributed by atoms with E-state index in [-0.39, 0.29) is 5.56 Å². The minimum absolute atomic E-state index is 0.181. The normalized spacial score (nSPS) is 11.2. The van der Waals surface area contributed by atoms with Crippen molar-refractivity contribution in [2.24, 2.45) is 4.99 Å². The summed E-state index contributed by atoms with van der Waals surface area (Å²) >= 11 is 6.04. The Bertz CT molecular complexity index is 1250. The van der Waals surface area contributed by atoms with Gasteiger partial charge in [0, 0.05) is 24.0 Å². The van der Waals surface area contributed by atoms with Crippen LogP contribution in [0.25, 0.3) is 5.65 Å². The van der Waals surface area contributed by atoms with Crippen molar-refractivity contribution in [2.45, 2.75) is 13.5 Å². The summed E-state index contributed by atoms with van der Waals surface area (Å²) in [6.45, 7) is 2.48. The zero-order chi connectivity index (χ0) is 20.2. The van der Waals surface area contributed by atoms with E-state index in [0.29, 0.717) is 34.3 Å². The van der Waals surface area contributed by atoms with E-state index in [1.807, 2.05) is 61.5 Å². The zero-order valence-corrected chi connectivity index (χ0v) is 16.6. The van der Waals surface area contributed by atoms with Crippen molar-refractivity contribution in [1.29, 1.82) is 0 Å². The molecule has 144 valence electrons. The molecule has 0 spiro atoms. The fraction of sp³-hybridized carbons (Fsp3) is 0.0870. The molecule has 0 unspecified atom stereocenters. The molecule has 0 saturated heterocycles. The molecule has 0 fully saturated rings. The lowest BCUT2D eigenvalue weighted by molar-refractivity contribution is 1.01. The first-order valence-electron chi connectivity index (χ1n) is 9.21. The van der Waals surface area contributed by atoms with Gasteiger partial charge in [0.15, 0.2) is 0 Å². The highest BCUT2D eigenvalue weighted by Crippen LogP contribution is 2.19. The van der Waals surface area contributed by atoms with Gasteiger partial charge >= 0.3 is 0 Å². The molecule has 0 aliphatic rings. The topological polar surface area (TPSA) is 58.8 Å². The number of fused-ring (bicyclic) bond motifs is 1. The minimum atomic E-state index is -0.181. The van der Waals surface area contributed by atoms with Crippen molar-refractivity contribution >= 4 is 35.0 Å². The molecule has 0 bridgehead atoms. The molecule has 2 aromatic carbocycles. The molecule has 4 aromatic rings. The molecule has 0 aliphatic heterocycles. The largest absolute Gasteiger partial charge is 0.365 e. The van der Waals surface area contributed by atoms with E-state index in [1.54, 1.807) is 28.9 Å². The number of nitrogens with one attached hydrogen (secondary N) is 1. The number of hydrogen-bond donors (Lipinski definition) is 1. The molecule has 6 heteroatoms. The van der Waals surface area contributed by atoms with E-state index in [2.05, 4.69) is 10.3 Å². The van der Waals surface area contributed by atoms with Crippen LogP contribution in [0.4, 0.5) is 11.5 Å². The second-order valence-electron chi connectivity index (χ2n) is 6.64. The molecule has 0 aliphatic carbocycles. The molecular weight excluding hydrogens is 384 g/mol. The van der Waals surface area contributed by atoms with Gasteiger partial charge in [0.2, 0.25) is 0 Å². The predicted octanol–water partition coefficient (Wildman–Crippen LogP) is 5.02. The molecule has 0 amide bonds.